The molecule has 4 nitrogen and oxygen atoms in total. The summed E-state index contributed by atoms with van der Waals surface area (Å²) in [7, 11) is 0. The van der Waals surface area contributed by atoms with Crippen LogP contribution in [0.25, 0.3) is 0 Å². The van der Waals surface area contributed by atoms with Crippen molar-refractivity contribution >= 4 is 19.6 Å². The first-order valence-corrected chi connectivity index (χ1v) is 13.0. The van der Waals surface area contributed by atoms with Crippen molar-refractivity contribution in [3.63, 3.8) is 0 Å². The van der Waals surface area contributed by atoms with Gasteiger partial charge in [-0.3, -0.25) is 0 Å². The molecule has 0 saturated carbocycles. The number of nitrogens with two attached hydrogens (primary N) is 1. The van der Waals surface area contributed by atoms with Crippen molar-refractivity contribution in [3.8, 4) is 0 Å². The van der Waals surface area contributed by atoms with Crippen LogP contribution in [0.15, 0.2) is 0 Å². The molecule has 0 saturated heterocycles. The van der Waals surface area contributed by atoms with Crippen LogP contribution in [0, 0.1) is 0 Å². The molecule has 1 unspecified atom stereocenters. The van der Waals surface area contributed by atoms with Crippen LogP contribution in [0.2, 0.25) is 4.94 Å². The molecule has 5 heteroatoms. The Morgan fingerprint density at radius 3 is 2.24 bits per heavy atom. The minimum atomic E-state index is -3.25. The zero-order chi connectivity index (χ0) is 13.1. The summed E-state index contributed by atoms with van der Waals surface area (Å²) in [4.78, 5) is 2.02. The first-order valence-electron chi connectivity index (χ1n) is 6.70. The van der Waals surface area contributed by atoms with E-state index in [1.54, 1.807) is 0 Å². The van der Waals surface area contributed by atoms with E-state index in [9.17, 15) is 0 Å². The van der Waals surface area contributed by atoms with Crippen LogP contribution in [-0.4, -0.2) is 45.5 Å². The summed E-state index contributed by atoms with van der Waals surface area (Å²) in [5.74, 6) is 0. The van der Waals surface area contributed by atoms with E-state index in [1.165, 1.54) is 19.3 Å². The number of hydrogen-bond acceptors (Lipinski definition) is 4. The van der Waals surface area contributed by atoms with E-state index in [1.807, 2.05) is 18.8 Å². The second kappa shape index (κ2) is 10.6. The summed E-state index contributed by atoms with van der Waals surface area (Å²) in [6.45, 7) is 8.05. The van der Waals surface area contributed by atoms with Gasteiger partial charge < -0.3 is 0 Å². The predicted molar refractivity (Wildman–Crippen MR) is 72.9 cm³/mol. The fourth-order valence-corrected chi connectivity index (χ4v) is 7.50. The molecule has 0 radical (unpaired) electrons. The van der Waals surface area contributed by atoms with Gasteiger partial charge in [0.25, 0.3) is 0 Å². The van der Waals surface area contributed by atoms with Gasteiger partial charge in [-0.1, -0.05) is 0 Å². The molecule has 1 atom stereocenters. The van der Waals surface area contributed by atoms with E-state index in [2.05, 4.69) is 6.92 Å². The third-order valence-corrected chi connectivity index (χ3v) is 9.02. The first kappa shape index (κ1) is 17.6. The van der Waals surface area contributed by atoms with Crippen LogP contribution in [0.4, 0.5) is 0 Å². The molecule has 0 spiro atoms. The van der Waals surface area contributed by atoms with Crippen molar-refractivity contribution in [2.24, 2.45) is 5.73 Å². The van der Waals surface area contributed by atoms with Gasteiger partial charge in [-0.15, -0.1) is 0 Å². The summed E-state index contributed by atoms with van der Waals surface area (Å²) in [5, 5.41) is 0. The first-order chi connectivity index (χ1) is 8.04. The molecule has 0 aliphatic heterocycles. The zero-order valence-electron chi connectivity index (χ0n) is 11.8. The Hall–Kier alpha value is 0.639. The van der Waals surface area contributed by atoms with Gasteiger partial charge in [-0.05, 0) is 0 Å². The average Bonchev–Trinajstić information content (AvgIpc) is 2.25. The number of hydrogen-bond donors (Lipinski definition) is 1. The molecular formula is C12H29NO3Sn. The van der Waals surface area contributed by atoms with Gasteiger partial charge in [0.1, 0.15) is 0 Å². The van der Waals surface area contributed by atoms with Crippen LogP contribution in [0.1, 0.15) is 46.5 Å². The summed E-state index contributed by atoms with van der Waals surface area (Å²) in [6, 6.07) is 0. The average molecular weight is 354 g/mol. The molecule has 0 fully saturated rings. The number of rotatable bonds is 11. The van der Waals surface area contributed by atoms with Crippen molar-refractivity contribution in [2.75, 3.05) is 19.8 Å². The van der Waals surface area contributed by atoms with Gasteiger partial charge in [0.2, 0.25) is 0 Å². The summed E-state index contributed by atoms with van der Waals surface area (Å²) < 4.78 is 17.5. The van der Waals surface area contributed by atoms with Crippen molar-refractivity contribution in [2.45, 2.75) is 57.5 Å². The second-order valence-corrected chi connectivity index (χ2v) is 11.8. The molecule has 17 heavy (non-hydrogen) atoms. The van der Waals surface area contributed by atoms with Gasteiger partial charge in [0.15, 0.2) is 0 Å². The maximum absolute atomic E-state index is 5.90. The third kappa shape index (κ3) is 10.3. The third-order valence-electron chi connectivity index (χ3n) is 2.29. The van der Waals surface area contributed by atoms with Crippen molar-refractivity contribution in [1.29, 1.82) is 0 Å². The molecule has 0 aliphatic carbocycles. The second-order valence-electron chi connectivity index (χ2n) is 4.58. The quantitative estimate of drug-likeness (QED) is 0.458. The Balaban J connectivity index is 3.91. The van der Waals surface area contributed by atoms with E-state index in [0.29, 0.717) is 13.2 Å². The van der Waals surface area contributed by atoms with E-state index in [-0.39, 0.29) is 6.10 Å². The van der Waals surface area contributed by atoms with Crippen molar-refractivity contribution < 1.29 is 9.22 Å². The normalized spacial score (nSPS) is 15.2. The molecular weight excluding hydrogens is 325 g/mol. The van der Waals surface area contributed by atoms with Gasteiger partial charge in [0, 0.05) is 0 Å². The topological polar surface area (TPSA) is 53.7 Å². The molecule has 0 aromatic rings. The molecule has 0 aromatic carbocycles. The minimum absolute atomic E-state index is 0.157. The van der Waals surface area contributed by atoms with E-state index in [0.717, 1.165) is 13.0 Å². The molecule has 0 rings (SSSR count). The molecule has 2 N–H and O–H groups in total. The molecule has 0 aliphatic rings. The van der Waals surface area contributed by atoms with Crippen LogP contribution >= 0.6 is 0 Å². The van der Waals surface area contributed by atoms with E-state index < -0.39 is 19.6 Å². The molecule has 0 amide bonds. The van der Waals surface area contributed by atoms with Crippen LogP contribution < -0.4 is 5.73 Å². The molecule has 0 bridgehead atoms. The summed E-state index contributed by atoms with van der Waals surface area (Å²) in [5.41, 5.74) is 5.46. The Morgan fingerprint density at radius 1 is 1.06 bits per heavy atom. The van der Waals surface area contributed by atoms with E-state index >= 15 is 0 Å². The Kier molecular flexibility index (Phi) is 10.9. The number of unbranched alkanes of at least 4 members (excludes halogenated alkanes) is 3. The van der Waals surface area contributed by atoms with Crippen LogP contribution in [0.3, 0.4) is 0 Å². The standard InChI is InChI=1S/C6H13O.C3H7O.C2H6NO.CH3.Sn/c1-2-3-4-5-6-7;1-3(2)4;3-1-2-4;;/h2-6H2,1H3;3H,1-2H3;1-3H2;1H3;/q3*-1;;+3. The fraction of sp³-hybridized carbons (Fsp3) is 1.00. The zero-order valence-corrected chi connectivity index (χ0v) is 14.7. The van der Waals surface area contributed by atoms with Crippen LogP contribution in [0.5, 0.6) is 0 Å². The van der Waals surface area contributed by atoms with Gasteiger partial charge in [-0.2, -0.15) is 0 Å². The Morgan fingerprint density at radius 2 is 1.71 bits per heavy atom. The van der Waals surface area contributed by atoms with E-state index in [4.69, 9.17) is 15.0 Å². The molecule has 104 valence electrons. The SMILES string of the molecule is CCCCCC[O][Sn]([CH3])([O]CCN)[O]C(C)C. The Bertz CT molecular complexity index is 181. The van der Waals surface area contributed by atoms with Crippen molar-refractivity contribution in [1.82, 2.24) is 0 Å². The summed E-state index contributed by atoms with van der Waals surface area (Å²) >= 11 is -3.25. The monoisotopic (exact) mass is 355 g/mol. The summed E-state index contributed by atoms with van der Waals surface area (Å²) in [6.07, 6.45) is 4.98. The maximum atomic E-state index is 5.90. The predicted octanol–water partition coefficient (Wildman–Crippen LogP) is 2.55. The van der Waals surface area contributed by atoms with Gasteiger partial charge in [0.05, 0.1) is 0 Å². The fourth-order valence-electron chi connectivity index (χ4n) is 1.57. The Labute approximate surface area is 112 Å². The molecule has 0 aromatic heterocycles. The van der Waals surface area contributed by atoms with Crippen LogP contribution in [-0.2, 0) is 9.22 Å². The van der Waals surface area contributed by atoms with Gasteiger partial charge in [-0.25, -0.2) is 0 Å². The van der Waals surface area contributed by atoms with Crippen molar-refractivity contribution in [3.05, 3.63) is 0 Å². The molecule has 0 heterocycles. The van der Waals surface area contributed by atoms with Gasteiger partial charge >= 0.3 is 112 Å².